The van der Waals surface area contributed by atoms with Crippen LogP contribution in [0.5, 0.6) is 0 Å². The Hall–Kier alpha value is -1.44. The first-order valence-corrected chi connectivity index (χ1v) is 6.70. The van der Waals surface area contributed by atoms with E-state index in [1.165, 1.54) is 18.2 Å². The van der Waals surface area contributed by atoms with Gasteiger partial charge in [0.2, 0.25) is 0 Å². The number of carboxylic acids is 1. The number of hydrogen-bond donors (Lipinski definition) is 3. The highest BCUT2D eigenvalue weighted by atomic mass is 79.9. The van der Waals surface area contributed by atoms with E-state index in [0.29, 0.717) is 4.47 Å². The average molecular weight is 347 g/mol. The van der Waals surface area contributed by atoms with E-state index in [9.17, 15) is 19.8 Å². The first-order chi connectivity index (χ1) is 9.35. The maximum atomic E-state index is 11.2. The monoisotopic (exact) mass is 346 g/mol. The van der Waals surface area contributed by atoms with Crippen molar-refractivity contribution < 1.29 is 29.6 Å². The highest BCUT2D eigenvalue weighted by molar-refractivity contribution is 9.10. The lowest BCUT2D eigenvalue weighted by atomic mass is 10.00. The van der Waals surface area contributed by atoms with Gasteiger partial charge in [0.1, 0.15) is 6.10 Å². The molecule has 0 aliphatic rings. The molecule has 0 saturated heterocycles. The summed E-state index contributed by atoms with van der Waals surface area (Å²) in [6.07, 6.45) is -3.12. The quantitative estimate of drug-likeness (QED) is 0.674. The van der Waals surface area contributed by atoms with Gasteiger partial charge >= 0.3 is 11.9 Å². The Labute approximate surface area is 124 Å². The Kier molecular flexibility index (Phi) is 6.12. The maximum Gasteiger partial charge on any atom is 0.335 e. The van der Waals surface area contributed by atoms with Crippen LogP contribution in [0, 0.1) is 0 Å². The lowest BCUT2D eigenvalue weighted by molar-refractivity contribution is -0.147. The standard InChI is InChI=1S/C13H15BrO6/c1-2-20-11(16)6-10(15)12(17)7-3-8(13(18)19)5-9(14)4-7/h3-5,10,12,15,17H,2,6H2,1H3,(H,18,19). The van der Waals surface area contributed by atoms with Gasteiger partial charge in [-0.05, 0) is 30.7 Å². The molecule has 0 amide bonds. The third-order valence-corrected chi connectivity index (χ3v) is 3.01. The molecule has 2 unspecified atom stereocenters. The third-order valence-electron chi connectivity index (χ3n) is 2.55. The van der Waals surface area contributed by atoms with Gasteiger partial charge in [0.15, 0.2) is 0 Å². The summed E-state index contributed by atoms with van der Waals surface area (Å²) < 4.78 is 5.12. The Morgan fingerprint density at radius 1 is 1.30 bits per heavy atom. The van der Waals surface area contributed by atoms with Gasteiger partial charge in [-0.1, -0.05) is 15.9 Å². The number of carbonyl (C=O) groups excluding carboxylic acids is 1. The number of carboxylic acid groups (broad SMARTS) is 1. The van der Waals surface area contributed by atoms with Crippen molar-refractivity contribution in [2.45, 2.75) is 25.6 Å². The zero-order valence-corrected chi connectivity index (χ0v) is 12.3. The maximum absolute atomic E-state index is 11.2. The molecule has 3 N–H and O–H groups in total. The summed E-state index contributed by atoms with van der Waals surface area (Å²) in [5, 5.41) is 28.7. The van der Waals surface area contributed by atoms with Crippen LogP contribution in [0.25, 0.3) is 0 Å². The van der Waals surface area contributed by atoms with Crippen LogP contribution in [0.3, 0.4) is 0 Å². The molecule has 2 atom stereocenters. The largest absolute Gasteiger partial charge is 0.478 e. The normalized spacial score (nSPS) is 13.6. The Morgan fingerprint density at radius 3 is 2.50 bits per heavy atom. The second-order valence-corrected chi connectivity index (χ2v) is 5.02. The molecule has 0 radical (unpaired) electrons. The molecule has 6 nitrogen and oxygen atoms in total. The fraction of sp³-hybridized carbons (Fsp3) is 0.385. The fourth-order valence-corrected chi connectivity index (χ4v) is 2.14. The zero-order chi connectivity index (χ0) is 15.3. The third kappa shape index (κ3) is 4.59. The van der Waals surface area contributed by atoms with Gasteiger partial charge in [-0.3, -0.25) is 4.79 Å². The number of hydrogen-bond acceptors (Lipinski definition) is 5. The van der Waals surface area contributed by atoms with Crippen LogP contribution in [-0.2, 0) is 9.53 Å². The first-order valence-electron chi connectivity index (χ1n) is 5.90. The van der Waals surface area contributed by atoms with Gasteiger partial charge in [0.25, 0.3) is 0 Å². The van der Waals surface area contributed by atoms with Crippen LogP contribution in [0.4, 0.5) is 0 Å². The van der Waals surface area contributed by atoms with E-state index in [1.54, 1.807) is 6.92 Å². The van der Waals surface area contributed by atoms with Crippen LogP contribution in [0.15, 0.2) is 22.7 Å². The number of aliphatic hydroxyl groups is 2. The summed E-state index contributed by atoms with van der Waals surface area (Å²) in [7, 11) is 0. The van der Waals surface area contributed by atoms with Gasteiger partial charge in [0, 0.05) is 4.47 Å². The van der Waals surface area contributed by atoms with E-state index in [2.05, 4.69) is 20.7 Å². The van der Waals surface area contributed by atoms with Crippen molar-refractivity contribution in [2.24, 2.45) is 0 Å². The number of halogens is 1. The number of rotatable bonds is 6. The predicted octanol–water partition coefficient (Wildman–Crippen LogP) is 1.49. The smallest absolute Gasteiger partial charge is 0.335 e. The molecule has 0 aliphatic heterocycles. The van der Waals surface area contributed by atoms with Crippen LogP contribution in [0.2, 0.25) is 0 Å². The number of esters is 1. The summed E-state index contributed by atoms with van der Waals surface area (Å²) in [6, 6.07) is 4.09. The van der Waals surface area contributed by atoms with Crippen molar-refractivity contribution in [2.75, 3.05) is 6.61 Å². The molecule has 1 rings (SSSR count). The summed E-state index contributed by atoms with van der Waals surface area (Å²) in [6.45, 7) is 1.82. The van der Waals surface area contributed by atoms with Crippen molar-refractivity contribution in [3.05, 3.63) is 33.8 Å². The summed E-state index contributed by atoms with van der Waals surface area (Å²) >= 11 is 3.13. The second kappa shape index (κ2) is 7.37. The predicted molar refractivity (Wildman–Crippen MR) is 73.3 cm³/mol. The molecule has 20 heavy (non-hydrogen) atoms. The van der Waals surface area contributed by atoms with E-state index < -0.39 is 24.1 Å². The van der Waals surface area contributed by atoms with Crippen LogP contribution >= 0.6 is 15.9 Å². The molecule has 1 aromatic carbocycles. The van der Waals surface area contributed by atoms with E-state index in [4.69, 9.17) is 5.11 Å². The topological polar surface area (TPSA) is 104 Å². The van der Waals surface area contributed by atoms with Crippen molar-refractivity contribution in [3.8, 4) is 0 Å². The minimum Gasteiger partial charge on any atom is -0.478 e. The summed E-state index contributed by atoms with van der Waals surface area (Å²) in [5.74, 6) is -1.79. The highest BCUT2D eigenvalue weighted by Crippen LogP contribution is 2.24. The lowest BCUT2D eigenvalue weighted by Crippen LogP contribution is -2.23. The zero-order valence-electron chi connectivity index (χ0n) is 10.7. The number of benzene rings is 1. The summed E-state index contributed by atoms with van der Waals surface area (Å²) in [4.78, 5) is 22.2. The van der Waals surface area contributed by atoms with Crippen molar-refractivity contribution in [3.63, 3.8) is 0 Å². The van der Waals surface area contributed by atoms with E-state index >= 15 is 0 Å². The molecule has 0 saturated carbocycles. The van der Waals surface area contributed by atoms with Crippen LogP contribution in [-0.4, -0.2) is 40.0 Å². The van der Waals surface area contributed by atoms with Gasteiger partial charge in [-0.2, -0.15) is 0 Å². The van der Waals surface area contributed by atoms with Crippen molar-refractivity contribution in [1.82, 2.24) is 0 Å². The molecule has 0 aromatic heterocycles. The number of carbonyl (C=O) groups is 2. The Balaban J connectivity index is 2.88. The lowest BCUT2D eigenvalue weighted by Gasteiger charge is -2.18. The number of ether oxygens (including phenoxy) is 1. The number of aliphatic hydroxyl groups excluding tert-OH is 2. The Bertz CT molecular complexity index is 502. The van der Waals surface area contributed by atoms with Gasteiger partial charge in [0.05, 0.1) is 24.7 Å². The molecule has 0 spiro atoms. The minimum absolute atomic E-state index is 0.0308. The van der Waals surface area contributed by atoms with Crippen molar-refractivity contribution >= 4 is 27.9 Å². The molecule has 0 heterocycles. The van der Waals surface area contributed by atoms with Crippen LogP contribution < -0.4 is 0 Å². The van der Waals surface area contributed by atoms with Gasteiger partial charge in [-0.15, -0.1) is 0 Å². The summed E-state index contributed by atoms with van der Waals surface area (Å²) in [5.41, 5.74) is 0.172. The highest BCUT2D eigenvalue weighted by Gasteiger charge is 2.23. The average Bonchev–Trinajstić information content (AvgIpc) is 2.37. The second-order valence-electron chi connectivity index (χ2n) is 4.10. The molecule has 1 aromatic rings. The van der Waals surface area contributed by atoms with Crippen molar-refractivity contribution in [1.29, 1.82) is 0 Å². The van der Waals surface area contributed by atoms with E-state index in [0.717, 1.165) is 0 Å². The van der Waals surface area contributed by atoms with Gasteiger partial charge in [-0.25, -0.2) is 4.79 Å². The van der Waals surface area contributed by atoms with E-state index in [1.807, 2.05) is 0 Å². The fourth-order valence-electron chi connectivity index (χ4n) is 1.63. The van der Waals surface area contributed by atoms with E-state index in [-0.39, 0.29) is 24.2 Å². The molecule has 0 fully saturated rings. The molecular weight excluding hydrogens is 332 g/mol. The molecule has 0 bridgehead atoms. The molecule has 0 aliphatic carbocycles. The number of aromatic carboxylic acids is 1. The van der Waals surface area contributed by atoms with Crippen LogP contribution in [0.1, 0.15) is 35.4 Å². The first kappa shape index (κ1) is 16.6. The SMILES string of the molecule is CCOC(=O)CC(O)C(O)c1cc(Br)cc(C(=O)O)c1. The molecular formula is C13H15BrO6. The molecule has 110 valence electrons. The molecule has 7 heteroatoms. The van der Waals surface area contributed by atoms with Gasteiger partial charge < -0.3 is 20.1 Å². The Morgan fingerprint density at radius 2 is 1.95 bits per heavy atom. The minimum atomic E-state index is -1.38.